The Bertz CT molecular complexity index is 648. The highest BCUT2D eigenvalue weighted by atomic mass is 16.3. The Hall–Kier alpha value is -1.64. The summed E-state index contributed by atoms with van der Waals surface area (Å²) >= 11 is 0. The van der Waals surface area contributed by atoms with Crippen LogP contribution in [-0.2, 0) is 5.60 Å². The number of benzene rings is 2. The van der Waals surface area contributed by atoms with Crippen LogP contribution in [0.1, 0.15) is 48.3 Å². The van der Waals surface area contributed by atoms with Crippen LogP contribution in [0, 0.1) is 0 Å². The number of rotatable bonds is 2. The highest BCUT2D eigenvalue weighted by Gasteiger charge is 2.47. The minimum absolute atomic E-state index is 0.177. The van der Waals surface area contributed by atoms with E-state index in [0.717, 1.165) is 24.9 Å². The van der Waals surface area contributed by atoms with Gasteiger partial charge in [-0.2, -0.15) is 0 Å². The molecule has 0 bridgehead atoms. The third-order valence-corrected chi connectivity index (χ3v) is 5.41. The zero-order valence-electron chi connectivity index (χ0n) is 12.8. The molecule has 114 valence electrons. The molecule has 1 saturated heterocycles. The maximum absolute atomic E-state index is 11.5. The second kappa shape index (κ2) is 5.53. The van der Waals surface area contributed by atoms with E-state index in [1.807, 2.05) is 0 Å². The molecule has 0 radical (unpaired) electrons. The van der Waals surface area contributed by atoms with Gasteiger partial charge in [0.05, 0.1) is 0 Å². The molecule has 1 aliphatic heterocycles. The van der Waals surface area contributed by atoms with E-state index in [2.05, 4.69) is 59.9 Å². The topological polar surface area (TPSA) is 32.3 Å². The van der Waals surface area contributed by atoms with Gasteiger partial charge < -0.3 is 10.4 Å². The molecule has 0 aromatic heterocycles. The van der Waals surface area contributed by atoms with Gasteiger partial charge in [-0.15, -0.1) is 0 Å². The summed E-state index contributed by atoms with van der Waals surface area (Å²) < 4.78 is 0. The second-order valence-electron chi connectivity index (χ2n) is 6.68. The number of nitrogens with one attached hydrogen (secondary N) is 1. The molecule has 0 unspecified atom stereocenters. The van der Waals surface area contributed by atoms with E-state index in [-0.39, 0.29) is 6.04 Å². The van der Waals surface area contributed by atoms with Gasteiger partial charge in [-0.1, -0.05) is 61.0 Å². The van der Waals surface area contributed by atoms with Crippen molar-refractivity contribution in [3.63, 3.8) is 0 Å². The third-order valence-electron chi connectivity index (χ3n) is 5.41. The maximum Gasteiger partial charge on any atom is 0.106 e. The van der Waals surface area contributed by atoms with E-state index in [1.165, 1.54) is 24.0 Å². The lowest BCUT2D eigenvalue weighted by Gasteiger charge is -2.37. The summed E-state index contributed by atoms with van der Waals surface area (Å²) in [6.45, 7) is 1.02. The van der Waals surface area contributed by atoms with Crippen molar-refractivity contribution in [1.82, 2.24) is 5.32 Å². The maximum atomic E-state index is 11.5. The molecule has 0 saturated carbocycles. The molecular formula is C20H23NO. The van der Waals surface area contributed by atoms with Gasteiger partial charge in [0, 0.05) is 12.0 Å². The van der Waals surface area contributed by atoms with Crippen molar-refractivity contribution in [2.75, 3.05) is 6.54 Å². The van der Waals surface area contributed by atoms with Crippen LogP contribution in [0.4, 0.5) is 0 Å². The van der Waals surface area contributed by atoms with E-state index < -0.39 is 5.60 Å². The highest BCUT2D eigenvalue weighted by Crippen LogP contribution is 2.50. The zero-order valence-corrected chi connectivity index (χ0v) is 12.8. The van der Waals surface area contributed by atoms with Gasteiger partial charge in [-0.3, -0.25) is 0 Å². The molecule has 2 aromatic rings. The molecule has 2 aliphatic rings. The molecule has 1 aliphatic carbocycles. The standard InChI is InChI=1S/C20H23NO/c22-20(19-12-6-7-13-21-19)14-17(15-8-2-1-3-9-15)16-10-4-5-11-18(16)20/h1-5,8-11,17,19,21-22H,6-7,12-14H2/t17-,19+,20-/m1/s1. The van der Waals surface area contributed by atoms with Crippen molar-refractivity contribution in [3.05, 3.63) is 71.3 Å². The smallest absolute Gasteiger partial charge is 0.106 e. The van der Waals surface area contributed by atoms with Crippen LogP contribution >= 0.6 is 0 Å². The quantitative estimate of drug-likeness (QED) is 0.887. The lowest BCUT2D eigenvalue weighted by molar-refractivity contribution is -0.0128. The first kappa shape index (κ1) is 14.0. The lowest BCUT2D eigenvalue weighted by atomic mass is 9.82. The van der Waals surface area contributed by atoms with Crippen molar-refractivity contribution in [1.29, 1.82) is 0 Å². The van der Waals surface area contributed by atoms with E-state index in [0.29, 0.717) is 5.92 Å². The lowest BCUT2D eigenvalue weighted by Crippen LogP contribution is -2.49. The molecule has 22 heavy (non-hydrogen) atoms. The number of fused-ring (bicyclic) bond motifs is 1. The summed E-state index contributed by atoms with van der Waals surface area (Å²) in [6, 6.07) is 19.2. The largest absolute Gasteiger partial charge is 0.383 e. The van der Waals surface area contributed by atoms with E-state index in [9.17, 15) is 5.11 Å². The fourth-order valence-corrected chi connectivity index (χ4v) is 4.30. The van der Waals surface area contributed by atoms with Crippen molar-refractivity contribution in [2.45, 2.75) is 43.2 Å². The van der Waals surface area contributed by atoms with Crippen molar-refractivity contribution in [2.24, 2.45) is 0 Å². The normalized spacial score (nSPS) is 31.0. The summed E-state index contributed by atoms with van der Waals surface area (Å²) in [7, 11) is 0. The fraction of sp³-hybridized carbons (Fsp3) is 0.400. The first-order valence-electron chi connectivity index (χ1n) is 8.39. The van der Waals surface area contributed by atoms with Crippen molar-refractivity contribution in [3.8, 4) is 0 Å². The monoisotopic (exact) mass is 293 g/mol. The van der Waals surface area contributed by atoms with Crippen LogP contribution in [0.2, 0.25) is 0 Å². The molecule has 0 amide bonds. The number of aliphatic hydroxyl groups is 1. The van der Waals surface area contributed by atoms with Gasteiger partial charge in [0.2, 0.25) is 0 Å². The zero-order chi connectivity index (χ0) is 15.0. The predicted octanol–water partition coefficient (Wildman–Crippen LogP) is 3.55. The summed E-state index contributed by atoms with van der Waals surface area (Å²) in [5.41, 5.74) is 2.99. The number of piperidine rings is 1. The Morgan fingerprint density at radius 1 is 0.955 bits per heavy atom. The average molecular weight is 293 g/mol. The van der Waals surface area contributed by atoms with E-state index in [1.54, 1.807) is 0 Å². The van der Waals surface area contributed by atoms with Crippen LogP contribution in [0.15, 0.2) is 54.6 Å². The molecule has 2 nitrogen and oxygen atoms in total. The van der Waals surface area contributed by atoms with Gasteiger partial charge in [0.15, 0.2) is 0 Å². The summed E-state index contributed by atoms with van der Waals surface area (Å²) in [4.78, 5) is 0. The van der Waals surface area contributed by atoms with Crippen LogP contribution < -0.4 is 5.32 Å². The SMILES string of the molecule is O[C@]1([C@@H]2CCCCN2)C[C@H](c2ccccc2)c2ccccc21. The van der Waals surface area contributed by atoms with Crippen LogP contribution in [0.25, 0.3) is 0 Å². The first-order chi connectivity index (χ1) is 10.8. The van der Waals surface area contributed by atoms with Crippen molar-refractivity contribution >= 4 is 0 Å². The third kappa shape index (κ3) is 2.18. The second-order valence-corrected chi connectivity index (χ2v) is 6.68. The average Bonchev–Trinajstić information content (AvgIpc) is 2.91. The molecule has 0 spiro atoms. The molecule has 4 rings (SSSR count). The van der Waals surface area contributed by atoms with Crippen LogP contribution in [0.5, 0.6) is 0 Å². The van der Waals surface area contributed by atoms with Gasteiger partial charge in [-0.05, 0) is 42.5 Å². The van der Waals surface area contributed by atoms with E-state index in [4.69, 9.17) is 0 Å². The van der Waals surface area contributed by atoms with Gasteiger partial charge in [0.25, 0.3) is 0 Å². The summed E-state index contributed by atoms with van der Waals surface area (Å²) in [5, 5.41) is 15.1. The Morgan fingerprint density at radius 2 is 1.73 bits per heavy atom. The Labute approximate surface area is 132 Å². The van der Waals surface area contributed by atoms with Gasteiger partial charge in [0.1, 0.15) is 5.60 Å². The highest BCUT2D eigenvalue weighted by molar-refractivity contribution is 5.47. The summed E-state index contributed by atoms with van der Waals surface area (Å²) in [5.74, 6) is 0.297. The molecule has 1 heterocycles. The summed E-state index contributed by atoms with van der Waals surface area (Å²) in [6.07, 6.45) is 4.27. The minimum atomic E-state index is -0.739. The Morgan fingerprint density at radius 3 is 2.50 bits per heavy atom. The molecule has 2 heteroatoms. The minimum Gasteiger partial charge on any atom is -0.383 e. The fourth-order valence-electron chi connectivity index (χ4n) is 4.30. The molecule has 2 N–H and O–H groups in total. The Balaban J connectivity index is 1.76. The van der Waals surface area contributed by atoms with Crippen LogP contribution in [0.3, 0.4) is 0 Å². The first-order valence-corrected chi connectivity index (χ1v) is 8.39. The van der Waals surface area contributed by atoms with Gasteiger partial charge >= 0.3 is 0 Å². The number of hydrogen-bond donors (Lipinski definition) is 2. The molecule has 3 atom stereocenters. The molecular weight excluding hydrogens is 270 g/mol. The molecule has 2 aromatic carbocycles. The Kier molecular flexibility index (Phi) is 3.51. The number of hydrogen-bond acceptors (Lipinski definition) is 2. The van der Waals surface area contributed by atoms with Crippen LogP contribution in [-0.4, -0.2) is 17.7 Å². The molecule has 1 fully saturated rings. The van der Waals surface area contributed by atoms with Gasteiger partial charge in [-0.25, -0.2) is 0 Å². The van der Waals surface area contributed by atoms with Crippen molar-refractivity contribution < 1.29 is 5.11 Å². The predicted molar refractivity (Wildman–Crippen MR) is 88.9 cm³/mol. The van der Waals surface area contributed by atoms with E-state index >= 15 is 0 Å².